The van der Waals surface area contributed by atoms with Crippen molar-refractivity contribution in [2.24, 2.45) is 4.99 Å². The molecular weight excluding hydrogens is 370 g/mol. The van der Waals surface area contributed by atoms with Gasteiger partial charge in [-0.1, -0.05) is 30.3 Å². The first-order chi connectivity index (χ1) is 11.7. The molecule has 0 aliphatic carbocycles. The summed E-state index contributed by atoms with van der Waals surface area (Å²) in [5.41, 5.74) is 1.10. The fourth-order valence-corrected chi connectivity index (χ4v) is 2.67. The molecule has 0 aliphatic rings. The van der Waals surface area contributed by atoms with Gasteiger partial charge in [-0.2, -0.15) is 0 Å². The highest BCUT2D eigenvalue weighted by Gasteiger charge is 2.10. The van der Waals surface area contributed by atoms with Gasteiger partial charge < -0.3 is 20.2 Å². The molecule has 0 aliphatic heterocycles. The average Bonchev–Trinajstić information content (AvgIpc) is 3.01. The van der Waals surface area contributed by atoms with Gasteiger partial charge in [0.1, 0.15) is 5.76 Å². The van der Waals surface area contributed by atoms with Crippen molar-refractivity contribution in [1.29, 1.82) is 0 Å². The zero-order valence-electron chi connectivity index (χ0n) is 13.8. The topological polar surface area (TPSA) is 69.8 Å². The first kappa shape index (κ1) is 18.5. The largest absolute Gasteiger partial charge is 0.454 e. The van der Waals surface area contributed by atoms with Gasteiger partial charge in [-0.05, 0) is 40.5 Å². The van der Waals surface area contributed by atoms with Gasteiger partial charge >= 0.3 is 0 Å². The lowest BCUT2D eigenvalue weighted by atomic mass is 10.0. The summed E-state index contributed by atoms with van der Waals surface area (Å²) in [6.45, 7) is 4.14. The molecule has 1 unspecified atom stereocenters. The van der Waals surface area contributed by atoms with Crippen LogP contribution in [0.25, 0.3) is 0 Å². The highest BCUT2D eigenvalue weighted by molar-refractivity contribution is 9.10. The first-order valence-corrected chi connectivity index (χ1v) is 8.94. The molecule has 2 rings (SSSR count). The lowest BCUT2D eigenvalue weighted by molar-refractivity contribution is 0.268. The van der Waals surface area contributed by atoms with Gasteiger partial charge in [-0.15, -0.1) is 0 Å². The number of halogens is 1. The SMILES string of the molecule is CCNC(=NCC(CO)c1ccccc1)NCCc1ccc(Br)o1. The fraction of sp³-hybridized carbons (Fsp3) is 0.389. The summed E-state index contributed by atoms with van der Waals surface area (Å²) in [6.07, 6.45) is 0.776. The van der Waals surface area contributed by atoms with E-state index in [0.717, 1.165) is 41.5 Å². The third-order valence-electron chi connectivity index (χ3n) is 3.60. The Morgan fingerprint density at radius 2 is 2.00 bits per heavy atom. The van der Waals surface area contributed by atoms with Crippen molar-refractivity contribution in [3.63, 3.8) is 0 Å². The molecule has 0 radical (unpaired) electrons. The Morgan fingerprint density at radius 1 is 1.21 bits per heavy atom. The third-order valence-corrected chi connectivity index (χ3v) is 4.02. The maximum absolute atomic E-state index is 9.62. The summed E-state index contributed by atoms with van der Waals surface area (Å²) < 4.78 is 6.22. The molecule has 2 aromatic rings. The molecule has 0 saturated carbocycles. The van der Waals surface area contributed by atoms with Gasteiger partial charge in [0.2, 0.25) is 0 Å². The third kappa shape index (κ3) is 6.02. The van der Waals surface area contributed by atoms with Crippen LogP contribution in [0, 0.1) is 0 Å². The number of hydrogen-bond donors (Lipinski definition) is 3. The van der Waals surface area contributed by atoms with Gasteiger partial charge in [0.05, 0.1) is 13.2 Å². The van der Waals surface area contributed by atoms with Gasteiger partial charge in [0, 0.05) is 25.4 Å². The predicted octanol–water partition coefficient (Wildman–Crippen LogP) is 2.92. The van der Waals surface area contributed by atoms with Crippen LogP contribution < -0.4 is 10.6 Å². The molecule has 0 bridgehead atoms. The number of guanidine groups is 1. The van der Waals surface area contributed by atoms with Crippen LogP contribution in [-0.4, -0.2) is 37.3 Å². The number of aliphatic hydroxyl groups is 1. The monoisotopic (exact) mass is 393 g/mol. The Morgan fingerprint density at radius 3 is 2.62 bits per heavy atom. The van der Waals surface area contributed by atoms with Crippen LogP contribution in [0.4, 0.5) is 0 Å². The second-order valence-electron chi connectivity index (χ2n) is 5.39. The molecule has 0 fully saturated rings. The molecule has 1 aromatic carbocycles. The average molecular weight is 394 g/mol. The second-order valence-corrected chi connectivity index (χ2v) is 6.17. The Kier molecular flexibility index (Phi) is 7.85. The summed E-state index contributed by atoms with van der Waals surface area (Å²) in [6, 6.07) is 13.8. The number of aliphatic hydroxyl groups excluding tert-OH is 1. The van der Waals surface area contributed by atoms with Crippen LogP contribution in [-0.2, 0) is 6.42 Å². The maximum Gasteiger partial charge on any atom is 0.191 e. The van der Waals surface area contributed by atoms with Crippen molar-refractivity contribution in [3.05, 3.63) is 58.5 Å². The molecule has 1 atom stereocenters. The molecule has 24 heavy (non-hydrogen) atoms. The van der Waals surface area contributed by atoms with Gasteiger partial charge in [-0.25, -0.2) is 0 Å². The van der Waals surface area contributed by atoms with Crippen molar-refractivity contribution in [1.82, 2.24) is 10.6 Å². The molecular formula is C18H24BrN3O2. The minimum Gasteiger partial charge on any atom is -0.454 e. The minimum atomic E-state index is 0.00249. The summed E-state index contributed by atoms with van der Waals surface area (Å²) in [5.74, 6) is 1.67. The molecule has 6 heteroatoms. The van der Waals surface area contributed by atoms with Crippen LogP contribution >= 0.6 is 15.9 Å². The summed E-state index contributed by atoms with van der Waals surface area (Å²) in [7, 11) is 0. The normalized spacial score (nSPS) is 12.9. The van der Waals surface area contributed by atoms with E-state index in [-0.39, 0.29) is 12.5 Å². The molecule has 1 aromatic heterocycles. The lowest BCUT2D eigenvalue weighted by Gasteiger charge is -2.15. The predicted molar refractivity (Wildman–Crippen MR) is 100 cm³/mol. The molecule has 1 heterocycles. The Labute approximate surface area is 151 Å². The van der Waals surface area contributed by atoms with Crippen LogP contribution in [0.2, 0.25) is 0 Å². The fourth-order valence-electron chi connectivity index (χ4n) is 2.33. The second kappa shape index (κ2) is 10.2. The van der Waals surface area contributed by atoms with Crippen LogP contribution in [0.5, 0.6) is 0 Å². The van der Waals surface area contributed by atoms with E-state index < -0.39 is 0 Å². The van der Waals surface area contributed by atoms with E-state index in [2.05, 4.69) is 31.6 Å². The van der Waals surface area contributed by atoms with Crippen molar-refractivity contribution >= 4 is 21.9 Å². The highest BCUT2D eigenvalue weighted by atomic mass is 79.9. The molecule has 0 spiro atoms. The zero-order valence-corrected chi connectivity index (χ0v) is 15.4. The standard InChI is InChI=1S/C18H24BrN3O2/c1-2-20-18(21-11-10-16-8-9-17(19)24-16)22-12-15(13-23)14-6-4-3-5-7-14/h3-9,15,23H,2,10-13H2,1H3,(H2,20,21,22). The van der Waals surface area contributed by atoms with Crippen LogP contribution in [0.15, 0.2) is 56.5 Å². The van der Waals surface area contributed by atoms with E-state index in [1.165, 1.54) is 0 Å². The Balaban J connectivity index is 1.89. The zero-order chi connectivity index (χ0) is 17.2. The summed E-state index contributed by atoms with van der Waals surface area (Å²) in [5, 5.41) is 16.1. The number of nitrogens with one attached hydrogen (secondary N) is 2. The summed E-state index contributed by atoms with van der Waals surface area (Å²) >= 11 is 3.30. The molecule has 130 valence electrons. The Bertz CT molecular complexity index is 628. The van der Waals surface area contributed by atoms with Crippen molar-refractivity contribution in [2.75, 3.05) is 26.2 Å². The number of furan rings is 1. The van der Waals surface area contributed by atoms with Crippen molar-refractivity contribution in [3.8, 4) is 0 Å². The molecule has 0 amide bonds. The number of aliphatic imine (C=N–C) groups is 1. The van der Waals surface area contributed by atoms with E-state index in [9.17, 15) is 5.11 Å². The van der Waals surface area contributed by atoms with Crippen molar-refractivity contribution < 1.29 is 9.52 Å². The lowest BCUT2D eigenvalue weighted by Crippen LogP contribution is -2.38. The Hall–Kier alpha value is -1.79. The number of benzene rings is 1. The van der Waals surface area contributed by atoms with Gasteiger partial charge in [0.25, 0.3) is 0 Å². The van der Waals surface area contributed by atoms with Gasteiger partial charge in [-0.3, -0.25) is 4.99 Å². The van der Waals surface area contributed by atoms with Crippen LogP contribution in [0.3, 0.4) is 0 Å². The maximum atomic E-state index is 9.62. The van der Waals surface area contributed by atoms with Gasteiger partial charge in [0.15, 0.2) is 10.6 Å². The van der Waals surface area contributed by atoms with E-state index in [1.807, 2.05) is 49.4 Å². The number of hydrogen-bond acceptors (Lipinski definition) is 3. The first-order valence-electron chi connectivity index (χ1n) is 8.15. The van der Waals surface area contributed by atoms with Crippen molar-refractivity contribution in [2.45, 2.75) is 19.3 Å². The van der Waals surface area contributed by atoms with E-state index in [1.54, 1.807) is 0 Å². The van der Waals surface area contributed by atoms with E-state index in [4.69, 9.17) is 4.42 Å². The smallest absolute Gasteiger partial charge is 0.191 e. The molecule has 0 saturated heterocycles. The summed E-state index contributed by atoms with van der Waals surface area (Å²) in [4.78, 5) is 4.59. The minimum absolute atomic E-state index is 0.00249. The molecule has 5 nitrogen and oxygen atoms in total. The number of rotatable bonds is 8. The highest BCUT2D eigenvalue weighted by Crippen LogP contribution is 2.15. The quantitative estimate of drug-likeness (QED) is 0.476. The number of nitrogens with zero attached hydrogens (tertiary/aromatic N) is 1. The molecule has 3 N–H and O–H groups in total. The van der Waals surface area contributed by atoms with E-state index in [0.29, 0.717) is 6.54 Å². The van der Waals surface area contributed by atoms with Crippen LogP contribution in [0.1, 0.15) is 24.2 Å². The van der Waals surface area contributed by atoms with E-state index >= 15 is 0 Å².